The van der Waals surface area contributed by atoms with E-state index in [-0.39, 0.29) is 17.1 Å². The third-order valence-corrected chi connectivity index (χ3v) is 2.45. The predicted octanol–water partition coefficient (Wildman–Crippen LogP) is 2.77. The SMILES string of the molecule is O=CCc1cc2cccc(F)c2nc1Cl. The zero-order valence-electron chi connectivity index (χ0n) is 7.71. The van der Waals surface area contributed by atoms with E-state index >= 15 is 0 Å². The number of para-hydroxylation sites is 1. The van der Waals surface area contributed by atoms with Crippen LogP contribution in [0.25, 0.3) is 10.9 Å². The van der Waals surface area contributed by atoms with Crippen molar-refractivity contribution in [1.29, 1.82) is 0 Å². The van der Waals surface area contributed by atoms with Crippen molar-refractivity contribution in [1.82, 2.24) is 4.98 Å². The molecule has 1 aromatic heterocycles. The van der Waals surface area contributed by atoms with Crippen LogP contribution in [-0.4, -0.2) is 11.3 Å². The Morgan fingerprint density at radius 1 is 1.47 bits per heavy atom. The molecule has 0 radical (unpaired) electrons. The highest BCUT2D eigenvalue weighted by atomic mass is 35.5. The molecule has 2 aromatic rings. The Labute approximate surface area is 90.7 Å². The molecule has 1 aromatic carbocycles. The lowest BCUT2D eigenvalue weighted by Gasteiger charge is -2.03. The molecule has 0 aliphatic heterocycles. The Balaban J connectivity index is 2.70. The van der Waals surface area contributed by atoms with E-state index in [1.807, 2.05) is 0 Å². The number of carbonyl (C=O) groups excluding carboxylic acids is 1. The fourth-order valence-electron chi connectivity index (χ4n) is 1.42. The number of halogens is 2. The van der Waals surface area contributed by atoms with Gasteiger partial charge in [-0.05, 0) is 17.7 Å². The summed E-state index contributed by atoms with van der Waals surface area (Å²) in [6, 6.07) is 6.33. The first-order chi connectivity index (χ1) is 7.22. The van der Waals surface area contributed by atoms with Crippen LogP contribution in [0.2, 0.25) is 5.15 Å². The van der Waals surface area contributed by atoms with Gasteiger partial charge in [-0.25, -0.2) is 9.37 Å². The molecule has 1 heterocycles. The lowest BCUT2D eigenvalue weighted by atomic mass is 10.1. The number of nitrogens with zero attached hydrogens (tertiary/aromatic N) is 1. The van der Waals surface area contributed by atoms with Crippen LogP contribution in [0.1, 0.15) is 5.56 Å². The summed E-state index contributed by atoms with van der Waals surface area (Å²) in [5.41, 5.74) is 0.849. The smallest absolute Gasteiger partial charge is 0.149 e. The van der Waals surface area contributed by atoms with Crippen LogP contribution in [0.15, 0.2) is 24.3 Å². The summed E-state index contributed by atoms with van der Waals surface area (Å²) in [5, 5.41) is 0.830. The molecule has 0 fully saturated rings. The fourth-order valence-corrected chi connectivity index (χ4v) is 1.63. The maximum absolute atomic E-state index is 13.3. The van der Waals surface area contributed by atoms with E-state index in [0.717, 1.165) is 6.29 Å². The van der Waals surface area contributed by atoms with E-state index in [4.69, 9.17) is 11.6 Å². The van der Waals surface area contributed by atoms with E-state index in [1.165, 1.54) is 6.07 Å². The molecule has 15 heavy (non-hydrogen) atoms. The number of carbonyl (C=O) groups is 1. The van der Waals surface area contributed by atoms with Gasteiger partial charge >= 0.3 is 0 Å². The van der Waals surface area contributed by atoms with Gasteiger partial charge in [0.05, 0.1) is 0 Å². The number of rotatable bonds is 2. The van der Waals surface area contributed by atoms with Gasteiger partial charge in [0.2, 0.25) is 0 Å². The minimum atomic E-state index is -0.410. The third-order valence-electron chi connectivity index (χ3n) is 2.13. The van der Waals surface area contributed by atoms with Crippen LogP contribution in [0.5, 0.6) is 0 Å². The van der Waals surface area contributed by atoms with E-state index < -0.39 is 5.82 Å². The second kappa shape index (κ2) is 3.95. The van der Waals surface area contributed by atoms with Crippen molar-refractivity contribution in [3.63, 3.8) is 0 Å². The monoisotopic (exact) mass is 223 g/mol. The average molecular weight is 224 g/mol. The largest absolute Gasteiger partial charge is 0.303 e. The van der Waals surface area contributed by atoms with Gasteiger partial charge in [-0.2, -0.15) is 0 Å². The van der Waals surface area contributed by atoms with Gasteiger partial charge in [-0.15, -0.1) is 0 Å². The first-order valence-corrected chi connectivity index (χ1v) is 4.77. The van der Waals surface area contributed by atoms with Crippen LogP contribution in [-0.2, 0) is 11.2 Å². The number of aldehydes is 1. The van der Waals surface area contributed by atoms with Gasteiger partial charge in [0.1, 0.15) is 22.8 Å². The molecule has 0 saturated carbocycles. The van der Waals surface area contributed by atoms with Gasteiger partial charge < -0.3 is 4.79 Å². The molecule has 0 amide bonds. The molecule has 0 spiro atoms. The first kappa shape index (κ1) is 10.1. The van der Waals surface area contributed by atoms with Crippen molar-refractivity contribution in [3.8, 4) is 0 Å². The predicted molar refractivity (Wildman–Crippen MR) is 56.5 cm³/mol. The highest BCUT2D eigenvalue weighted by Crippen LogP contribution is 2.22. The summed E-state index contributed by atoms with van der Waals surface area (Å²) in [4.78, 5) is 14.3. The maximum atomic E-state index is 13.3. The zero-order valence-corrected chi connectivity index (χ0v) is 8.46. The van der Waals surface area contributed by atoms with Gasteiger partial charge in [0.25, 0.3) is 0 Å². The molecule has 0 N–H and O–H groups in total. The van der Waals surface area contributed by atoms with Gasteiger partial charge in [0.15, 0.2) is 0 Å². The van der Waals surface area contributed by atoms with Crippen molar-refractivity contribution in [3.05, 3.63) is 40.8 Å². The molecule has 2 rings (SSSR count). The fraction of sp³-hybridized carbons (Fsp3) is 0.0909. The van der Waals surface area contributed by atoms with Crippen molar-refractivity contribution in [2.75, 3.05) is 0 Å². The number of benzene rings is 1. The van der Waals surface area contributed by atoms with E-state index in [1.54, 1.807) is 18.2 Å². The molecule has 0 aliphatic rings. The Morgan fingerprint density at radius 2 is 2.27 bits per heavy atom. The van der Waals surface area contributed by atoms with E-state index in [9.17, 15) is 9.18 Å². The second-order valence-electron chi connectivity index (χ2n) is 3.12. The minimum absolute atomic E-state index is 0.180. The van der Waals surface area contributed by atoms with Gasteiger partial charge in [-0.1, -0.05) is 23.7 Å². The lowest BCUT2D eigenvalue weighted by molar-refractivity contribution is -0.107. The number of hydrogen-bond donors (Lipinski definition) is 0. The highest BCUT2D eigenvalue weighted by molar-refractivity contribution is 6.30. The molecule has 2 nitrogen and oxygen atoms in total. The normalized spacial score (nSPS) is 10.5. The van der Waals surface area contributed by atoms with Crippen LogP contribution in [0.3, 0.4) is 0 Å². The molecule has 0 bridgehead atoms. The van der Waals surface area contributed by atoms with Gasteiger partial charge in [-0.3, -0.25) is 0 Å². The molecular weight excluding hydrogens is 217 g/mol. The number of hydrogen-bond acceptors (Lipinski definition) is 2. The summed E-state index contributed by atoms with van der Waals surface area (Å²) < 4.78 is 13.3. The second-order valence-corrected chi connectivity index (χ2v) is 3.48. The summed E-state index contributed by atoms with van der Waals surface area (Å²) in [7, 11) is 0. The summed E-state index contributed by atoms with van der Waals surface area (Å²) in [6.07, 6.45) is 0.937. The van der Waals surface area contributed by atoms with E-state index in [2.05, 4.69) is 4.98 Å². The number of pyridine rings is 1. The molecule has 0 unspecified atom stereocenters. The van der Waals surface area contributed by atoms with Crippen LogP contribution in [0.4, 0.5) is 4.39 Å². The standard InChI is InChI=1S/C11H7ClFNO/c12-11-8(4-5-15)6-7-2-1-3-9(13)10(7)14-11/h1-3,5-6H,4H2. The lowest BCUT2D eigenvalue weighted by Crippen LogP contribution is -1.93. The van der Waals surface area contributed by atoms with Crippen molar-refractivity contribution < 1.29 is 9.18 Å². The number of fused-ring (bicyclic) bond motifs is 1. The molecule has 76 valence electrons. The molecule has 0 atom stereocenters. The average Bonchev–Trinajstić information content (AvgIpc) is 2.21. The van der Waals surface area contributed by atoms with Crippen molar-refractivity contribution in [2.45, 2.75) is 6.42 Å². The summed E-state index contributed by atoms with van der Waals surface area (Å²) >= 11 is 5.82. The number of aromatic nitrogens is 1. The Bertz CT molecular complexity index is 527. The minimum Gasteiger partial charge on any atom is -0.303 e. The Morgan fingerprint density at radius 3 is 3.00 bits per heavy atom. The molecule has 0 aliphatic carbocycles. The van der Waals surface area contributed by atoms with Crippen LogP contribution >= 0.6 is 11.6 Å². The summed E-state index contributed by atoms with van der Waals surface area (Å²) in [5.74, 6) is -0.410. The Hall–Kier alpha value is -1.48. The van der Waals surface area contributed by atoms with Crippen LogP contribution in [0, 0.1) is 5.82 Å². The quantitative estimate of drug-likeness (QED) is 0.579. The highest BCUT2D eigenvalue weighted by Gasteiger charge is 2.07. The topological polar surface area (TPSA) is 30.0 Å². The first-order valence-electron chi connectivity index (χ1n) is 4.39. The van der Waals surface area contributed by atoms with Crippen molar-refractivity contribution in [2.24, 2.45) is 0 Å². The molecule has 0 saturated heterocycles. The third kappa shape index (κ3) is 1.83. The molecule has 4 heteroatoms. The van der Waals surface area contributed by atoms with Crippen molar-refractivity contribution >= 4 is 28.8 Å². The van der Waals surface area contributed by atoms with Gasteiger partial charge in [0, 0.05) is 11.8 Å². The molecular formula is C11H7ClFNO. The Kier molecular flexibility index (Phi) is 2.64. The summed E-state index contributed by atoms with van der Waals surface area (Å²) in [6.45, 7) is 0. The maximum Gasteiger partial charge on any atom is 0.149 e. The van der Waals surface area contributed by atoms with E-state index in [0.29, 0.717) is 10.9 Å². The zero-order chi connectivity index (χ0) is 10.8. The van der Waals surface area contributed by atoms with Crippen LogP contribution < -0.4 is 0 Å².